The van der Waals surface area contributed by atoms with Gasteiger partial charge in [0.05, 0.1) is 5.56 Å². The number of anilines is 1. The Hall–Kier alpha value is -2.04. The van der Waals surface area contributed by atoms with Gasteiger partial charge in [-0.2, -0.15) is 13.2 Å². The molecule has 0 saturated carbocycles. The van der Waals surface area contributed by atoms with Crippen LogP contribution in [0.5, 0.6) is 0 Å². The van der Waals surface area contributed by atoms with E-state index in [0.29, 0.717) is 16.8 Å². The molecule has 21 heavy (non-hydrogen) atoms. The highest BCUT2D eigenvalue weighted by molar-refractivity contribution is 5.52. The van der Waals surface area contributed by atoms with Gasteiger partial charge in [-0.1, -0.05) is 18.2 Å². The average Bonchev–Trinajstić information content (AvgIpc) is 2.43. The van der Waals surface area contributed by atoms with E-state index in [9.17, 15) is 17.6 Å². The topological polar surface area (TPSA) is 12.0 Å². The molecule has 0 radical (unpaired) electrons. The molecule has 1 atom stereocenters. The first kappa shape index (κ1) is 15.4. The number of halogens is 4. The van der Waals surface area contributed by atoms with E-state index in [1.807, 2.05) is 0 Å². The van der Waals surface area contributed by atoms with E-state index in [1.165, 1.54) is 12.1 Å². The van der Waals surface area contributed by atoms with Crippen LogP contribution >= 0.6 is 0 Å². The second-order valence-electron chi connectivity index (χ2n) is 4.90. The van der Waals surface area contributed by atoms with Crippen LogP contribution in [0.2, 0.25) is 0 Å². The minimum Gasteiger partial charge on any atom is -0.378 e. The molecular formula is C16H15F4N. The van der Waals surface area contributed by atoms with Gasteiger partial charge in [-0.15, -0.1) is 0 Å². The molecule has 0 aromatic heterocycles. The van der Waals surface area contributed by atoms with Gasteiger partial charge < -0.3 is 5.32 Å². The van der Waals surface area contributed by atoms with Gasteiger partial charge in [-0.25, -0.2) is 4.39 Å². The van der Waals surface area contributed by atoms with Crippen molar-refractivity contribution in [3.8, 4) is 0 Å². The molecule has 0 aliphatic rings. The monoisotopic (exact) mass is 297 g/mol. The zero-order valence-corrected chi connectivity index (χ0v) is 11.6. The molecule has 1 nitrogen and oxygen atoms in total. The van der Waals surface area contributed by atoms with E-state index < -0.39 is 11.7 Å². The van der Waals surface area contributed by atoms with Crippen molar-refractivity contribution >= 4 is 5.69 Å². The van der Waals surface area contributed by atoms with Gasteiger partial charge in [0.1, 0.15) is 5.82 Å². The number of rotatable bonds is 3. The molecule has 0 spiro atoms. The van der Waals surface area contributed by atoms with E-state index >= 15 is 0 Å². The molecule has 2 aromatic carbocycles. The molecule has 0 bridgehead atoms. The van der Waals surface area contributed by atoms with Crippen molar-refractivity contribution in [1.82, 2.24) is 0 Å². The van der Waals surface area contributed by atoms with Crippen LogP contribution < -0.4 is 5.32 Å². The summed E-state index contributed by atoms with van der Waals surface area (Å²) in [5.41, 5.74) is 0.814. The van der Waals surface area contributed by atoms with E-state index in [2.05, 4.69) is 5.32 Å². The van der Waals surface area contributed by atoms with E-state index in [0.717, 1.165) is 12.1 Å². The lowest BCUT2D eigenvalue weighted by atomic mass is 10.0. The average molecular weight is 297 g/mol. The van der Waals surface area contributed by atoms with Gasteiger partial charge in [0.25, 0.3) is 0 Å². The third-order valence-electron chi connectivity index (χ3n) is 3.35. The van der Waals surface area contributed by atoms with Crippen LogP contribution in [0.1, 0.15) is 29.7 Å². The van der Waals surface area contributed by atoms with Crippen molar-refractivity contribution in [1.29, 1.82) is 0 Å². The number of hydrogen-bond acceptors (Lipinski definition) is 1. The molecule has 0 aliphatic carbocycles. The summed E-state index contributed by atoms with van der Waals surface area (Å²) in [5.74, 6) is -0.351. The smallest absolute Gasteiger partial charge is 0.378 e. The summed E-state index contributed by atoms with van der Waals surface area (Å²) in [5, 5.41) is 3.04. The fraction of sp³-hybridized carbons (Fsp3) is 0.250. The second-order valence-corrected chi connectivity index (χ2v) is 4.90. The Kier molecular flexibility index (Phi) is 4.21. The van der Waals surface area contributed by atoms with E-state index in [1.54, 1.807) is 32.0 Å². The fourth-order valence-corrected chi connectivity index (χ4v) is 2.06. The van der Waals surface area contributed by atoms with Crippen molar-refractivity contribution in [2.24, 2.45) is 0 Å². The molecule has 2 rings (SSSR count). The van der Waals surface area contributed by atoms with Gasteiger partial charge in [-0.3, -0.25) is 0 Å². The molecule has 1 unspecified atom stereocenters. The zero-order chi connectivity index (χ0) is 15.6. The zero-order valence-electron chi connectivity index (χ0n) is 11.6. The molecule has 0 fully saturated rings. The Morgan fingerprint density at radius 2 is 1.71 bits per heavy atom. The molecule has 0 saturated heterocycles. The van der Waals surface area contributed by atoms with E-state index in [4.69, 9.17) is 0 Å². The number of hydrogen-bond donors (Lipinski definition) is 1. The van der Waals surface area contributed by atoms with Gasteiger partial charge in [-0.05, 0) is 43.7 Å². The maximum absolute atomic E-state index is 13.5. The molecule has 2 aromatic rings. The number of nitrogens with one attached hydrogen (secondary N) is 1. The summed E-state index contributed by atoms with van der Waals surface area (Å²) in [7, 11) is 0. The van der Waals surface area contributed by atoms with Crippen LogP contribution in [0, 0.1) is 12.7 Å². The third-order valence-corrected chi connectivity index (χ3v) is 3.35. The Morgan fingerprint density at radius 1 is 1.05 bits per heavy atom. The lowest BCUT2D eigenvalue weighted by molar-refractivity contribution is -0.137. The Balaban J connectivity index is 2.25. The Morgan fingerprint density at radius 3 is 2.38 bits per heavy atom. The quantitative estimate of drug-likeness (QED) is 0.755. The molecule has 112 valence electrons. The normalized spacial score (nSPS) is 13.0. The minimum absolute atomic E-state index is 0.351. The van der Waals surface area contributed by atoms with Crippen LogP contribution in [-0.4, -0.2) is 0 Å². The lowest BCUT2D eigenvalue weighted by Crippen LogP contribution is -2.11. The molecule has 0 heterocycles. The predicted molar refractivity (Wildman–Crippen MR) is 74.6 cm³/mol. The highest BCUT2D eigenvalue weighted by Crippen LogP contribution is 2.31. The number of benzene rings is 2. The highest BCUT2D eigenvalue weighted by atomic mass is 19.4. The van der Waals surface area contributed by atoms with Crippen molar-refractivity contribution < 1.29 is 17.6 Å². The van der Waals surface area contributed by atoms with Crippen molar-refractivity contribution in [2.45, 2.75) is 26.1 Å². The summed E-state index contributed by atoms with van der Waals surface area (Å²) >= 11 is 0. The summed E-state index contributed by atoms with van der Waals surface area (Å²) in [6.07, 6.45) is -4.37. The molecular weight excluding hydrogens is 282 g/mol. The Labute approximate surface area is 120 Å². The molecule has 5 heteroatoms. The van der Waals surface area contributed by atoms with Crippen LogP contribution in [0.15, 0.2) is 42.5 Å². The Bertz CT molecular complexity index is 634. The first-order chi connectivity index (χ1) is 9.79. The maximum atomic E-state index is 13.5. The number of alkyl halides is 3. The van der Waals surface area contributed by atoms with E-state index in [-0.39, 0.29) is 11.9 Å². The van der Waals surface area contributed by atoms with Crippen molar-refractivity contribution in [2.75, 3.05) is 5.32 Å². The van der Waals surface area contributed by atoms with Gasteiger partial charge >= 0.3 is 6.18 Å². The first-order valence-corrected chi connectivity index (χ1v) is 6.48. The fourth-order valence-electron chi connectivity index (χ4n) is 2.06. The summed E-state index contributed by atoms with van der Waals surface area (Å²) < 4.78 is 51.6. The third kappa shape index (κ3) is 3.54. The van der Waals surface area contributed by atoms with Crippen LogP contribution in [0.3, 0.4) is 0 Å². The highest BCUT2D eigenvalue weighted by Gasteiger charge is 2.30. The minimum atomic E-state index is -4.37. The predicted octanol–water partition coefficient (Wildman–Crippen LogP) is 5.33. The van der Waals surface area contributed by atoms with Gasteiger partial charge in [0.15, 0.2) is 0 Å². The van der Waals surface area contributed by atoms with Crippen molar-refractivity contribution in [3.63, 3.8) is 0 Å². The first-order valence-electron chi connectivity index (χ1n) is 6.48. The van der Waals surface area contributed by atoms with Gasteiger partial charge in [0.2, 0.25) is 0 Å². The maximum Gasteiger partial charge on any atom is 0.416 e. The van der Waals surface area contributed by atoms with Gasteiger partial charge in [0, 0.05) is 17.3 Å². The van der Waals surface area contributed by atoms with Crippen LogP contribution in [-0.2, 0) is 6.18 Å². The molecule has 1 N–H and O–H groups in total. The summed E-state index contributed by atoms with van der Waals surface area (Å²) in [6, 6.07) is 9.35. The largest absolute Gasteiger partial charge is 0.416 e. The standard InChI is InChI=1S/C16H15F4N/c1-10-14(17)7-4-8-15(10)21-11(2)12-5-3-6-13(9-12)16(18,19)20/h3-9,11,21H,1-2H3. The summed E-state index contributed by atoms with van der Waals surface area (Å²) in [4.78, 5) is 0. The van der Waals surface area contributed by atoms with Crippen LogP contribution in [0.25, 0.3) is 0 Å². The summed E-state index contributed by atoms with van der Waals surface area (Å²) in [6.45, 7) is 3.36. The lowest BCUT2D eigenvalue weighted by Gasteiger charge is -2.19. The molecule has 0 aliphatic heterocycles. The molecule has 0 amide bonds. The van der Waals surface area contributed by atoms with Crippen molar-refractivity contribution in [3.05, 3.63) is 65.0 Å². The van der Waals surface area contributed by atoms with Crippen LogP contribution in [0.4, 0.5) is 23.2 Å². The second kappa shape index (κ2) is 5.76. The SMILES string of the molecule is Cc1c(F)cccc1NC(C)c1cccc(C(F)(F)F)c1.